The SMILES string of the molecule is C=C(C(=O)OC)[C@@H](NS(=O)(=O)c1ccc([N+](=O)[O-])cc1)c1ccc(Br)cc1. The van der Waals surface area contributed by atoms with Crippen LogP contribution in [0.2, 0.25) is 0 Å². The molecule has 10 heteroatoms. The fourth-order valence-electron chi connectivity index (χ4n) is 2.21. The lowest BCUT2D eigenvalue weighted by Gasteiger charge is -2.20. The summed E-state index contributed by atoms with van der Waals surface area (Å²) in [5.41, 5.74) is 0.127. The summed E-state index contributed by atoms with van der Waals surface area (Å²) >= 11 is 3.28. The van der Waals surface area contributed by atoms with E-state index in [4.69, 9.17) is 0 Å². The first-order valence-electron chi connectivity index (χ1n) is 7.45. The number of halogens is 1. The van der Waals surface area contributed by atoms with Gasteiger partial charge in [-0.1, -0.05) is 34.6 Å². The number of methoxy groups -OCH3 is 1. The zero-order valence-corrected chi connectivity index (χ0v) is 16.5. The van der Waals surface area contributed by atoms with E-state index in [1.165, 1.54) is 0 Å². The standard InChI is InChI=1S/C17H15BrN2O6S/c1-11(17(21)26-2)16(12-3-5-13(18)6-4-12)19-27(24,25)15-9-7-14(8-10-15)20(22)23/h3-10,16,19H,1H2,2H3/t16-/m1/s1. The van der Waals surface area contributed by atoms with Crippen LogP contribution in [0.5, 0.6) is 0 Å². The lowest BCUT2D eigenvalue weighted by molar-refractivity contribution is -0.384. The molecule has 0 aromatic heterocycles. The van der Waals surface area contributed by atoms with E-state index in [9.17, 15) is 23.3 Å². The summed E-state index contributed by atoms with van der Waals surface area (Å²) in [6.45, 7) is 3.64. The number of nitro benzene ring substituents is 1. The van der Waals surface area contributed by atoms with Crippen LogP contribution in [0.15, 0.2) is 70.1 Å². The second-order valence-corrected chi connectivity index (χ2v) is 8.00. The average Bonchev–Trinajstić information content (AvgIpc) is 2.65. The van der Waals surface area contributed by atoms with Gasteiger partial charge in [-0.15, -0.1) is 0 Å². The zero-order valence-electron chi connectivity index (χ0n) is 14.1. The number of nitrogens with zero attached hydrogens (tertiary/aromatic N) is 1. The molecule has 0 unspecified atom stereocenters. The molecule has 0 saturated heterocycles. The number of rotatable bonds is 7. The minimum absolute atomic E-state index is 0.106. The Hall–Kier alpha value is -2.56. The van der Waals surface area contributed by atoms with E-state index < -0.39 is 27.0 Å². The molecule has 0 fully saturated rings. The third-order valence-electron chi connectivity index (χ3n) is 3.63. The predicted molar refractivity (Wildman–Crippen MR) is 101 cm³/mol. The molecule has 0 aliphatic carbocycles. The van der Waals surface area contributed by atoms with Gasteiger partial charge in [0.15, 0.2) is 0 Å². The highest BCUT2D eigenvalue weighted by Crippen LogP contribution is 2.26. The third kappa shape index (κ3) is 5.00. The summed E-state index contributed by atoms with van der Waals surface area (Å²) in [6, 6.07) is 9.94. The highest BCUT2D eigenvalue weighted by atomic mass is 79.9. The molecule has 0 spiro atoms. The summed E-state index contributed by atoms with van der Waals surface area (Å²) in [4.78, 5) is 21.8. The highest BCUT2D eigenvalue weighted by Gasteiger charge is 2.27. The molecule has 2 rings (SSSR count). The van der Waals surface area contributed by atoms with Crippen molar-refractivity contribution in [2.45, 2.75) is 10.9 Å². The van der Waals surface area contributed by atoms with Crippen molar-refractivity contribution in [2.24, 2.45) is 0 Å². The number of ether oxygens (including phenoxy) is 1. The first kappa shape index (κ1) is 20.7. The van der Waals surface area contributed by atoms with Crippen LogP contribution in [0, 0.1) is 10.1 Å². The third-order valence-corrected chi connectivity index (χ3v) is 5.60. The number of carbonyl (C=O) groups is 1. The Kier molecular flexibility index (Phi) is 6.47. The van der Waals surface area contributed by atoms with Gasteiger partial charge in [0.25, 0.3) is 5.69 Å². The number of hydrogen-bond donors (Lipinski definition) is 1. The highest BCUT2D eigenvalue weighted by molar-refractivity contribution is 9.10. The molecule has 0 saturated carbocycles. The van der Waals surface area contributed by atoms with Gasteiger partial charge in [-0.25, -0.2) is 13.2 Å². The van der Waals surface area contributed by atoms with Gasteiger partial charge in [0.2, 0.25) is 10.0 Å². The van der Waals surface area contributed by atoms with Gasteiger partial charge < -0.3 is 4.74 Å². The Bertz CT molecular complexity index is 971. The second kappa shape index (κ2) is 8.42. The van der Waals surface area contributed by atoms with Crippen molar-refractivity contribution in [1.29, 1.82) is 0 Å². The van der Waals surface area contributed by atoms with Crippen molar-refractivity contribution in [3.05, 3.63) is 80.8 Å². The van der Waals surface area contributed by atoms with Gasteiger partial charge in [0, 0.05) is 16.6 Å². The molecule has 1 N–H and O–H groups in total. The molecule has 0 aliphatic rings. The number of sulfonamides is 1. The number of hydrogen-bond acceptors (Lipinski definition) is 6. The second-order valence-electron chi connectivity index (χ2n) is 5.37. The van der Waals surface area contributed by atoms with Crippen LogP contribution in [0.25, 0.3) is 0 Å². The van der Waals surface area contributed by atoms with E-state index in [0.717, 1.165) is 35.8 Å². The van der Waals surface area contributed by atoms with Crippen LogP contribution in [0.4, 0.5) is 5.69 Å². The summed E-state index contributed by atoms with van der Waals surface area (Å²) in [5, 5.41) is 10.7. The maximum absolute atomic E-state index is 12.7. The first-order chi connectivity index (χ1) is 12.7. The van der Waals surface area contributed by atoms with Crippen molar-refractivity contribution >= 4 is 37.6 Å². The van der Waals surface area contributed by atoms with Crippen molar-refractivity contribution < 1.29 is 22.9 Å². The van der Waals surface area contributed by atoms with Crippen LogP contribution in [-0.4, -0.2) is 26.4 Å². The number of esters is 1. The number of carbonyl (C=O) groups excluding carboxylic acids is 1. The maximum Gasteiger partial charge on any atom is 0.335 e. The summed E-state index contributed by atoms with van der Waals surface area (Å²) in [5.74, 6) is -0.769. The maximum atomic E-state index is 12.7. The molecule has 1 atom stereocenters. The molecule has 0 amide bonds. The smallest absolute Gasteiger partial charge is 0.335 e. The lowest BCUT2D eigenvalue weighted by atomic mass is 10.0. The van der Waals surface area contributed by atoms with E-state index in [0.29, 0.717) is 5.56 Å². The monoisotopic (exact) mass is 454 g/mol. The minimum atomic E-state index is -4.10. The quantitative estimate of drug-likeness (QED) is 0.297. The zero-order chi connectivity index (χ0) is 20.2. The molecule has 0 heterocycles. The van der Waals surface area contributed by atoms with Crippen molar-refractivity contribution in [2.75, 3.05) is 7.11 Å². The van der Waals surface area contributed by atoms with Crippen LogP contribution < -0.4 is 4.72 Å². The predicted octanol–water partition coefficient (Wildman–Crippen LogP) is 3.11. The summed E-state index contributed by atoms with van der Waals surface area (Å²) in [6.07, 6.45) is 0. The summed E-state index contributed by atoms with van der Waals surface area (Å²) < 4.78 is 33.2. The molecule has 2 aromatic carbocycles. The topological polar surface area (TPSA) is 116 Å². The van der Waals surface area contributed by atoms with E-state index >= 15 is 0 Å². The van der Waals surface area contributed by atoms with Crippen molar-refractivity contribution in [3.63, 3.8) is 0 Å². The van der Waals surface area contributed by atoms with Crippen LogP contribution in [-0.2, 0) is 19.6 Å². The van der Waals surface area contributed by atoms with Gasteiger partial charge >= 0.3 is 5.97 Å². The normalized spacial score (nSPS) is 12.2. The van der Waals surface area contributed by atoms with Gasteiger partial charge in [0.1, 0.15) is 0 Å². The molecule has 8 nitrogen and oxygen atoms in total. The van der Waals surface area contributed by atoms with Crippen LogP contribution in [0.3, 0.4) is 0 Å². The van der Waals surface area contributed by atoms with Crippen LogP contribution >= 0.6 is 15.9 Å². The summed E-state index contributed by atoms with van der Waals surface area (Å²) in [7, 11) is -2.94. The van der Waals surface area contributed by atoms with Gasteiger partial charge in [-0.05, 0) is 29.8 Å². The van der Waals surface area contributed by atoms with Crippen molar-refractivity contribution in [3.8, 4) is 0 Å². The van der Waals surface area contributed by atoms with Crippen LogP contribution in [0.1, 0.15) is 11.6 Å². The molecule has 0 radical (unpaired) electrons. The number of benzene rings is 2. The first-order valence-corrected chi connectivity index (χ1v) is 9.72. The average molecular weight is 455 g/mol. The fourth-order valence-corrected chi connectivity index (χ4v) is 3.70. The molecule has 0 aliphatic heterocycles. The molecule has 2 aromatic rings. The van der Waals surface area contributed by atoms with E-state index in [2.05, 4.69) is 32.0 Å². The molecular formula is C17H15BrN2O6S. The molecule has 27 heavy (non-hydrogen) atoms. The molecule has 0 bridgehead atoms. The van der Waals surface area contributed by atoms with E-state index in [-0.39, 0.29) is 16.2 Å². The Balaban J connectivity index is 2.40. The Morgan fingerprint density at radius 3 is 2.22 bits per heavy atom. The van der Waals surface area contributed by atoms with Gasteiger partial charge in [0.05, 0.1) is 28.5 Å². The largest absolute Gasteiger partial charge is 0.466 e. The lowest BCUT2D eigenvalue weighted by Crippen LogP contribution is -2.32. The molecule has 142 valence electrons. The Morgan fingerprint density at radius 1 is 1.19 bits per heavy atom. The fraction of sp³-hybridized carbons (Fsp3) is 0.118. The van der Waals surface area contributed by atoms with Gasteiger partial charge in [-0.2, -0.15) is 4.72 Å². The minimum Gasteiger partial charge on any atom is -0.466 e. The van der Waals surface area contributed by atoms with Gasteiger partial charge in [-0.3, -0.25) is 10.1 Å². The number of non-ortho nitro benzene ring substituents is 1. The van der Waals surface area contributed by atoms with Crippen molar-refractivity contribution in [1.82, 2.24) is 4.72 Å². The Labute approximate surface area is 164 Å². The molecular weight excluding hydrogens is 440 g/mol. The van der Waals surface area contributed by atoms with E-state index in [1.54, 1.807) is 24.3 Å². The Morgan fingerprint density at radius 2 is 1.74 bits per heavy atom. The van der Waals surface area contributed by atoms with E-state index in [1.807, 2.05) is 0 Å². The number of nitrogens with one attached hydrogen (secondary N) is 1. The number of nitro groups is 1.